The second-order valence-electron chi connectivity index (χ2n) is 8.28. The van der Waals surface area contributed by atoms with Crippen molar-refractivity contribution < 1.29 is 14.6 Å². The number of rotatable bonds is 12. The summed E-state index contributed by atoms with van der Waals surface area (Å²) in [5.41, 5.74) is 2.37. The van der Waals surface area contributed by atoms with Gasteiger partial charge in [0.2, 0.25) is 5.91 Å². The fourth-order valence-corrected chi connectivity index (χ4v) is 4.98. The molecule has 1 aliphatic heterocycles. The van der Waals surface area contributed by atoms with E-state index in [9.17, 15) is 9.90 Å². The van der Waals surface area contributed by atoms with E-state index in [0.29, 0.717) is 32.7 Å². The second kappa shape index (κ2) is 12.0. The molecule has 0 unspecified atom stereocenters. The van der Waals surface area contributed by atoms with E-state index in [1.54, 1.807) is 23.5 Å². The van der Waals surface area contributed by atoms with Gasteiger partial charge in [0.25, 0.3) is 0 Å². The molecular formula is C26H34N2O3S. The molecule has 0 bridgehead atoms. The van der Waals surface area contributed by atoms with Crippen molar-refractivity contribution >= 4 is 17.2 Å². The average Bonchev–Trinajstić information content (AvgIpc) is 3.26. The Hall–Kier alpha value is -2.41. The van der Waals surface area contributed by atoms with E-state index in [1.807, 2.05) is 41.0 Å². The third kappa shape index (κ3) is 6.55. The van der Waals surface area contributed by atoms with Crippen LogP contribution in [0.25, 0.3) is 0 Å². The molecule has 1 aromatic carbocycles. The van der Waals surface area contributed by atoms with Crippen molar-refractivity contribution in [3.8, 4) is 5.75 Å². The van der Waals surface area contributed by atoms with Crippen molar-refractivity contribution in [3.05, 3.63) is 77.0 Å². The summed E-state index contributed by atoms with van der Waals surface area (Å²) in [5.74, 6) is 0.862. The highest BCUT2D eigenvalue weighted by molar-refractivity contribution is 7.10. The van der Waals surface area contributed by atoms with Crippen molar-refractivity contribution in [2.24, 2.45) is 0 Å². The minimum atomic E-state index is -0.494. The Balaban J connectivity index is 1.69. The van der Waals surface area contributed by atoms with Gasteiger partial charge in [0.1, 0.15) is 12.4 Å². The zero-order chi connectivity index (χ0) is 22.9. The predicted octanol–water partition coefficient (Wildman–Crippen LogP) is 4.38. The van der Waals surface area contributed by atoms with Crippen LogP contribution in [0.1, 0.15) is 34.9 Å². The molecule has 32 heavy (non-hydrogen) atoms. The van der Waals surface area contributed by atoms with Crippen LogP contribution in [0.3, 0.4) is 0 Å². The molecular weight excluding hydrogens is 420 g/mol. The molecule has 3 rings (SSSR count). The SMILES string of the molecule is C=CCC[C@@H](O)CN(CC=C)CC(=O)N1CCc2sccc2[C@H]1COc1ccc(C)cc1. The summed E-state index contributed by atoms with van der Waals surface area (Å²) >= 11 is 1.75. The zero-order valence-corrected chi connectivity index (χ0v) is 19.7. The maximum absolute atomic E-state index is 13.4. The quantitative estimate of drug-likeness (QED) is 0.484. The highest BCUT2D eigenvalue weighted by atomic mass is 32.1. The molecule has 1 aromatic heterocycles. The molecule has 0 saturated carbocycles. The van der Waals surface area contributed by atoms with Gasteiger partial charge in [0, 0.05) is 24.5 Å². The summed E-state index contributed by atoms with van der Waals surface area (Å²) in [6, 6.07) is 9.99. The van der Waals surface area contributed by atoms with E-state index in [2.05, 4.69) is 24.6 Å². The summed E-state index contributed by atoms with van der Waals surface area (Å²) in [6.07, 6.45) is 5.34. The second-order valence-corrected chi connectivity index (χ2v) is 9.28. The van der Waals surface area contributed by atoms with Crippen LogP contribution in [0.5, 0.6) is 5.75 Å². The number of hydrogen-bond donors (Lipinski definition) is 1. The first kappa shape index (κ1) is 24.2. The standard InChI is InChI=1S/C26H34N2O3S/c1-4-6-7-21(29)17-27(14-5-2)18-26(30)28-15-12-25-23(13-16-32-25)24(28)19-31-22-10-8-20(3)9-11-22/h4-5,8-11,13,16,21,24,29H,1-2,6-7,12,14-15,17-19H2,3H3/t21-,24-/m1/s1. The Bertz CT molecular complexity index is 893. The number of carbonyl (C=O) groups excluding carboxylic acids is 1. The van der Waals surface area contributed by atoms with Gasteiger partial charge in [-0.25, -0.2) is 0 Å². The number of allylic oxidation sites excluding steroid dienone is 1. The molecule has 0 radical (unpaired) electrons. The zero-order valence-electron chi connectivity index (χ0n) is 18.9. The van der Waals surface area contributed by atoms with Gasteiger partial charge in [-0.15, -0.1) is 24.5 Å². The summed E-state index contributed by atoms with van der Waals surface area (Å²) in [4.78, 5) is 18.6. The van der Waals surface area contributed by atoms with Gasteiger partial charge in [0.15, 0.2) is 0 Å². The minimum Gasteiger partial charge on any atom is -0.491 e. The molecule has 1 N–H and O–H groups in total. The number of benzene rings is 1. The van der Waals surface area contributed by atoms with E-state index in [0.717, 1.165) is 18.6 Å². The third-order valence-electron chi connectivity index (χ3n) is 5.76. The summed E-state index contributed by atoms with van der Waals surface area (Å²) in [6.45, 7) is 11.9. The Morgan fingerprint density at radius 3 is 2.81 bits per heavy atom. The summed E-state index contributed by atoms with van der Waals surface area (Å²) < 4.78 is 6.10. The Kier molecular flexibility index (Phi) is 9.09. The predicted molar refractivity (Wildman–Crippen MR) is 131 cm³/mol. The lowest BCUT2D eigenvalue weighted by Crippen LogP contribution is -2.47. The van der Waals surface area contributed by atoms with Crippen molar-refractivity contribution in [1.82, 2.24) is 9.80 Å². The Labute approximate surface area is 195 Å². The van der Waals surface area contributed by atoms with E-state index in [-0.39, 0.29) is 18.5 Å². The van der Waals surface area contributed by atoms with Crippen LogP contribution in [-0.4, -0.2) is 59.7 Å². The molecule has 0 fully saturated rings. The van der Waals surface area contributed by atoms with Crippen molar-refractivity contribution in [1.29, 1.82) is 0 Å². The lowest BCUT2D eigenvalue weighted by molar-refractivity contribution is -0.136. The molecule has 172 valence electrons. The molecule has 2 heterocycles. The van der Waals surface area contributed by atoms with E-state index in [1.165, 1.54) is 16.0 Å². The smallest absolute Gasteiger partial charge is 0.237 e. The van der Waals surface area contributed by atoms with Gasteiger partial charge in [0.05, 0.1) is 18.7 Å². The topological polar surface area (TPSA) is 53.0 Å². The van der Waals surface area contributed by atoms with Crippen molar-refractivity contribution in [2.75, 3.05) is 32.8 Å². The molecule has 0 spiro atoms. The van der Waals surface area contributed by atoms with Crippen LogP contribution in [0.15, 0.2) is 61.0 Å². The first-order valence-electron chi connectivity index (χ1n) is 11.2. The lowest BCUT2D eigenvalue weighted by Gasteiger charge is -2.37. The van der Waals surface area contributed by atoms with Crippen LogP contribution in [0, 0.1) is 6.92 Å². The molecule has 2 atom stereocenters. The maximum atomic E-state index is 13.4. The highest BCUT2D eigenvalue weighted by Crippen LogP contribution is 2.34. The maximum Gasteiger partial charge on any atom is 0.237 e. The van der Waals surface area contributed by atoms with Crippen LogP contribution >= 0.6 is 11.3 Å². The number of ether oxygens (including phenoxy) is 1. The Morgan fingerprint density at radius 2 is 2.09 bits per heavy atom. The number of aliphatic hydroxyl groups excluding tert-OH is 1. The number of amides is 1. The monoisotopic (exact) mass is 454 g/mol. The average molecular weight is 455 g/mol. The number of carbonyl (C=O) groups is 1. The number of thiophene rings is 1. The molecule has 6 heteroatoms. The van der Waals surface area contributed by atoms with E-state index < -0.39 is 6.10 Å². The van der Waals surface area contributed by atoms with Crippen molar-refractivity contribution in [2.45, 2.75) is 38.3 Å². The van der Waals surface area contributed by atoms with Gasteiger partial charge < -0.3 is 14.7 Å². The number of fused-ring (bicyclic) bond motifs is 1. The summed E-state index contributed by atoms with van der Waals surface area (Å²) in [7, 11) is 0. The van der Waals surface area contributed by atoms with Gasteiger partial charge in [-0.05, 0) is 55.3 Å². The van der Waals surface area contributed by atoms with Gasteiger partial charge in [-0.1, -0.05) is 29.8 Å². The summed E-state index contributed by atoms with van der Waals surface area (Å²) in [5, 5.41) is 12.4. The number of hydrogen-bond acceptors (Lipinski definition) is 5. The number of nitrogens with zero attached hydrogens (tertiary/aromatic N) is 2. The van der Waals surface area contributed by atoms with Crippen LogP contribution < -0.4 is 4.74 Å². The normalized spacial score (nSPS) is 16.5. The minimum absolute atomic E-state index is 0.0529. The highest BCUT2D eigenvalue weighted by Gasteiger charge is 2.33. The fourth-order valence-electron chi connectivity index (χ4n) is 4.05. The molecule has 2 aromatic rings. The number of aliphatic hydroxyl groups is 1. The van der Waals surface area contributed by atoms with Crippen LogP contribution in [0.4, 0.5) is 0 Å². The lowest BCUT2D eigenvalue weighted by atomic mass is 10.0. The molecule has 1 aliphatic rings. The van der Waals surface area contributed by atoms with Gasteiger partial charge >= 0.3 is 0 Å². The molecule has 5 nitrogen and oxygen atoms in total. The van der Waals surface area contributed by atoms with E-state index >= 15 is 0 Å². The van der Waals surface area contributed by atoms with Gasteiger partial charge in [-0.3, -0.25) is 9.69 Å². The van der Waals surface area contributed by atoms with Crippen LogP contribution in [0.2, 0.25) is 0 Å². The van der Waals surface area contributed by atoms with E-state index in [4.69, 9.17) is 4.74 Å². The molecule has 0 saturated heterocycles. The number of aryl methyl sites for hydroxylation is 1. The van der Waals surface area contributed by atoms with Gasteiger partial charge in [-0.2, -0.15) is 0 Å². The van der Waals surface area contributed by atoms with Crippen molar-refractivity contribution in [3.63, 3.8) is 0 Å². The Morgan fingerprint density at radius 1 is 1.31 bits per heavy atom. The first-order valence-corrected chi connectivity index (χ1v) is 12.1. The molecule has 0 aliphatic carbocycles. The first-order chi connectivity index (χ1) is 15.5. The third-order valence-corrected chi connectivity index (χ3v) is 6.76. The van der Waals surface area contributed by atoms with Crippen LogP contribution in [-0.2, 0) is 11.2 Å². The fraction of sp³-hybridized carbons (Fsp3) is 0.423. The largest absolute Gasteiger partial charge is 0.491 e. The molecule has 1 amide bonds.